The third-order valence-electron chi connectivity index (χ3n) is 9.14. The maximum Gasteiger partial charge on any atom is 0.146 e. The lowest BCUT2D eigenvalue weighted by Crippen LogP contribution is -2.12. The molecule has 3 aromatic rings. The van der Waals surface area contributed by atoms with Crippen molar-refractivity contribution < 1.29 is 9.47 Å². The van der Waals surface area contributed by atoms with Gasteiger partial charge in [-0.15, -0.1) is 22.7 Å². The Morgan fingerprint density at radius 1 is 0.523 bits per heavy atom. The zero-order valence-corrected chi connectivity index (χ0v) is 31.0. The Labute approximate surface area is 279 Å². The molecule has 1 aromatic carbocycles. The van der Waals surface area contributed by atoms with E-state index in [2.05, 4.69) is 46.8 Å². The molecule has 0 aliphatic rings. The van der Waals surface area contributed by atoms with Crippen LogP contribution in [0.5, 0.6) is 11.5 Å². The average Bonchev–Trinajstić information content (AvgIpc) is 3.59. The lowest BCUT2D eigenvalue weighted by molar-refractivity contribution is 0.211. The lowest BCUT2D eigenvalue weighted by atomic mass is 10.0. The van der Waals surface area contributed by atoms with Gasteiger partial charge >= 0.3 is 0 Å². The molecule has 0 aliphatic carbocycles. The van der Waals surface area contributed by atoms with E-state index < -0.39 is 0 Å². The lowest BCUT2D eigenvalue weighted by Gasteiger charge is -2.18. The molecule has 3 rings (SSSR count). The highest BCUT2D eigenvalue weighted by atomic mass is 32.1. The van der Waals surface area contributed by atoms with Crippen molar-refractivity contribution in [3.63, 3.8) is 0 Å². The van der Waals surface area contributed by atoms with Crippen LogP contribution in [0.25, 0.3) is 20.2 Å². The third-order valence-corrected chi connectivity index (χ3v) is 11.2. The summed E-state index contributed by atoms with van der Waals surface area (Å²) in [6.07, 6.45) is 31.7. The molecule has 44 heavy (non-hydrogen) atoms. The van der Waals surface area contributed by atoms with E-state index in [0.29, 0.717) is 0 Å². The normalized spacial score (nSPS) is 12.5. The highest BCUT2D eigenvalue weighted by Crippen LogP contribution is 2.49. The topological polar surface area (TPSA) is 18.5 Å². The molecule has 2 heterocycles. The number of aryl methyl sites for hydroxylation is 2. The summed E-state index contributed by atoms with van der Waals surface area (Å²) in [5.74, 6) is 2.18. The van der Waals surface area contributed by atoms with Crippen molar-refractivity contribution in [1.82, 2.24) is 0 Å². The molecule has 0 N–H and O–H groups in total. The van der Waals surface area contributed by atoms with E-state index in [0.717, 1.165) is 30.9 Å². The monoisotopic (exact) mass is 642 g/mol. The highest BCUT2D eigenvalue weighted by molar-refractivity contribution is 7.21. The fourth-order valence-electron chi connectivity index (χ4n) is 6.50. The fraction of sp³-hybridized carbons (Fsp3) is 0.750. The predicted molar refractivity (Wildman–Crippen MR) is 200 cm³/mol. The molecule has 0 fully saturated rings. The first-order valence-corrected chi connectivity index (χ1v) is 20.4. The number of thiophene rings is 2. The summed E-state index contributed by atoms with van der Waals surface area (Å²) in [4.78, 5) is 2.66. The Kier molecular flexibility index (Phi) is 18.9. The first-order chi connectivity index (χ1) is 21.5. The van der Waals surface area contributed by atoms with E-state index >= 15 is 0 Å². The molecule has 2 nitrogen and oxygen atoms in total. The molecule has 4 heteroatoms. The second kappa shape index (κ2) is 22.3. The van der Waals surface area contributed by atoms with E-state index in [1.165, 1.54) is 165 Å². The largest absolute Gasteiger partial charge is 0.491 e. The molecule has 0 spiro atoms. The van der Waals surface area contributed by atoms with Gasteiger partial charge in [0, 0.05) is 20.5 Å². The van der Waals surface area contributed by atoms with Gasteiger partial charge in [-0.1, -0.05) is 142 Å². The molecule has 0 aliphatic heterocycles. The zero-order valence-electron chi connectivity index (χ0n) is 29.3. The molecule has 2 aromatic heterocycles. The standard InChI is InChI=1S/C40H66O2S2/c1-6-8-10-12-14-15-16-17-18-19-20-21-22-23-24-26-28-32(3)42-38-36-31-34(5)43-39(36)37(35-30-33(4)44-40(35)38)41-29-27-25-13-11-9-7-2/h30-32H,6-29H2,1-5H3. The van der Waals surface area contributed by atoms with Crippen LogP contribution in [0, 0.1) is 13.8 Å². The van der Waals surface area contributed by atoms with Crippen LogP contribution in [0.1, 0.15) is 178 Å². The molecule has 0 saturated carbocycles. The first kappa shape index (κ1) is 37.2. The molecule has 0 radical (unpaired) electrons. The van der Waals surface area contributed by atoms with Crippen molar-refractivity contribution >= 4 is 42.8 Å². The number of ether oxygens (including phenoxy) is 2. The van der Waals surface area contributed by atoms with Gasteiger partial charge in [-0.05, 0) is 52.2 Å². The van der Waals surface area contributed by atoms with Gasteiger partial charge < -0.3 is 9.47 Å². The second-order valence-electron chi connectivity index (χ2n) is 13.5. The van der Waals surface area contributed by atoms with Crippen LogP contribution < -0.4 is 9.47 Å². The van der Waals surface area contributed by atoms with E-state index in [9.17, 15) is 0 Å². The van der Waals surface area contributed by atoms with Gasteiger partial charge in [0.25, 0.3) is 0 Å². The van der Waals surface area contributed by atoms with Crippen LogP contribution in [0.4, 0.5) is 0 Å². The Bertz CT molecular complexity index is 1100. The van der Waals surface area contributed by atoms with E-state index in [1.54, 1.807) is 0 Å². The van der Waals surface area contributed by atoms with Crippen molar-refractivity contribution in [2.45, 2.75) is 188 Å². The van der Waals surface area contributed by atoms with Gasteiger partial charge in [-0.25, -0.2) is 0 Å². The van der Waals surface area contributed by atoms with E-state index in [-0.39, 0.29) is 6.10 Å². The highest BCUT2D eigenvalue weighted by Gasteiger charge is 2.22. The fourth-order valence-corrected chi connectivity index (χ4v) is 8.54. The predicted octanol–water partition coefficient (Wildman–Crippen LogP) is 14.9. The van der Waals surface area contributed by atoms with Crippen molar-refractivity contribution in [3.8, 4) is 11.5 Å². The van der Waals surface area contributed by atoms with Crippen molar-refractivity contribution in [3.05, 3.63) is 21.9 Å². The molecule has 0 amide bonds. The van der Waals surface area contributed by atoms with Gasteiger partial charge in [0.05, 0.1) is 22.1 Å². The van der Waals surface area contributed by atoms with Gasteiger partial charge in [0.2, 0.25) is 0 Å². The summed E-state index contributed by atoms with van der Waals surface area (Å²) in [6.45, 7) is 12.1. The molecule has 250 valence electrons. The van der Waals surface area contributed by atoms with Crippen LogP contribution in [-0.4, -0.2) is 12.7 Å². The number of unbranched alkanes of at least 4 members (excludes halogenated alkanes) is 20. The minimum Gasteiger partial charge on any atom is -0.491 e. The first-order valence-electron chi connectivity index (χ1n) is 18.8. The molecule has 1 unspecified atom stereocenters. The average molecular weight is 643 g/mol. The second-order valence-corrected chi connectivity index (χ2v) is 16.0. The Balaban J connectivity index is 1.37. The molecular formula is C40H66O2S2. The van der Waals surface area contributed by atoms with E-state index in [4.69, 9.17) is 9.47 Å². The van der Waals surface area contributed by atoms with Crippen molar-refractivity contribution in [2.24, 2.45) is 0 Å². The number of hydrogen-bond acceptors (Lipinski definition) is 4. The smallest absolute Gasteiger partial charge is 0.146 e. The van der Waals surface area contributed by atoms with Crippen LogP contribution in [0.15, 0.2) is 12.1 Å². The SMILES string of the molecule is CCCCCCCCCCCCCCCCCCC(C)Oc1c2cc(C)sc2c(OCCCCCCCC)c2cc(C)sc12. The summed E-state index contributed by atoms with van der Waals surface area (Å²) in [5.41, 5.74) is 0. The van der Waals surface area contributed by atoms with Crippen molar-refractivity contribution in [2.75, 3.05) is 6.61 Å². The molecular weight excluding hydrogens is 577 g/mol. The van der Waals surface area contributed by atoms with Gasteiger partial charge in [-0.2, -0.15) is 0 Å². The summed E-state index contributed by atoms with van der Waals surface area (Å²) >= 11 is 3.72. The summed E-state index contributed by atoms with van der Waals surface area (Å²) in [6, 6.07) is 4.64. The molecule has 0 bridgehead atoms. The molecule has 0 saturated heterocycles. The van der Waals surface area contributed by atoms with Gasteiger partial charge in [0.1, 0.15) is 11.5 Å². The van der Waals surface area contributed by atoms with E-state index in [1.807, 2.05) is 22.7 Å². The Hall–Kier alpha value is -1.26. The van der Waals surface area contributed by atoms with Crippen LogP contribution in [-0.2, 0) is 0 Å². The van der Waals surface area contributed by atoms with Crippen LogP contribution in [0.3, 0.4) is 0 Å². The van der Waals surface area contributed by atoms with Crippen LogP contribution in [0.2, 0.25) is 0 Å². The van der Waals surface area contributed by atoms with Gasteiger partial charge in [0.15, 0.2) is 0 Å². The van der Waals surface area contributed by atoms with Crippen LogP contribution >= 0.6 is 22.7 Å². The number of rotatable bonds is 27. The summed E-state index contributed by atoms with van der Waals surface area (Å²) < 4.78 is 15.9. The van der Waals surface area contributed by atoms with Crippen molar-refractivity contribution in [1.29, 1.82) is 0 Å². The third kappa shape index (κ3) is 13.2. The Morgan fingerprint density at radius 2 is 0.909 bits per heavy atom. The summed E-state index contributed by atoms with van der Waals surface area (Å²) in [7, 11) is 0. The number of fused-ring (bicyclic) bond motifs is 2. The quantitative estimate of drug-likeness (QED) is 0.0770. The maximum absolute atomic E-state index is 6.79. The Morgan fingerprint density at radius 3 is 1.39 bits per heavy atom. The number of hydrogen-bond donors (Lipinski definition) is 0. The minimum absolute atomic E-state index is 0.227. The summed E-state index contributed by atoms with van der Waals surface area (Å²) in [5, 5.41) is 2.50. The zero-order chi connectivity index (χ0) is 31.4. The maximum atomic E-state index is 6.79. The van der Waals surface area contributed by atoms with Gasteiger partial charge in [-0.3, -0.25) is 0 Å². The molecule has 1 atom stereocenters. The number of benzene rings is 1. The minimum atomic E-state index is 0.227.